The number of rotatable bonds is 5. The summed E-state index contributed by atoms with van der Waals surface area (Å²) in [6.45, 7) is 0.230. The molecule has 0 unspecified atom stereocenters. The quantitative estimate of drug-likeness (QED) is 0.734. The van der Waals surface area contributed by atoms with Gasteiger partial charge in [0.25, 0.3) is 0 Å². The van der Waals surface area contributed by atoms with Crippen LogP contribution in [0.4, 0.5) is 5.69 Å². The van der Waals surface area contributed by atoms with Gasteiger partial charge in [-0.25, -0.2) is 13.1 Å². The summed E-state index contributed by atoms with van der Waals surface area (Å²) in [6.07, 6.45) is 0.506. The summed E-state index contributed by atoms with van der Waals surface area (Å²) in [5.41, 5.74) is 6.86. The molecule has 0 heterocycles. The Morgan fingerprint density at radius 2 is 1.81 bits per heavy atom. The summed E-state index contributed by atoms with van der Waals surface area (Å²) >= 11 is 5.90. The average molecular weight is 327 g/mol. The molecule has 21 heavy (non-hydrogen) atoms. The van der Waals surface area contributed by atoms with Crippen LogP contribution < -0.4 is 10.5 Å². The van der Waals surface area contributed by atoms with E-state index in [2.05, 4.69) is 4.72 Å². The van der Waals surface area contributed by atoms with Gasteiger partial charge in [-0.05, 0) is 42.3 Å². The second-order valence-electron chi connectivity index (χ2n) is 4.50. The summed E-state index contributed by atoms with van der Waals surface area (Å²) in [7, 11) is -3.67. The number of halogens is 1. The predicted molar refractivity (Wildman–Crippen MR) is 82.9 cm³/mol. The lowest BCUT2D eigenvalue weighted by atomic mass is 10.1. The van der Waals surface area contributed by atoms with Crippen molar-refractivity contribution in [3.8, 4) is 5.75 Å². The zero-order valence-electron chi connectivity index (χ0n) is 11.1. The van der Waals surface area contributed by atoms with Crippen molar-refractivity contribution in [3.05, 3.63) is 53.1 Å². The van der Waals surface area contributed by atoms with Crippen molar-refractivity contribution in [2.75, 3.05) is 12.3 Å². The molecule has 7 heteroatoms. The van der Waals surface area contributed by atoms with Gasteiger partial charge < -0.3 is 10.8 Å². The molecule has 0 bridgehead atoms. The van der Waals surface area contributed by atoms with Crippen molar-refractivity contribution in [2.24, 2.45) is 0 Å². The minimum Gasteiger partial charge on any atom is -0.508 e. The fourth-order valence-electron chi connectivity index (χ4n) is 1.81. The maximum Gasteiger partial charge on any atom is 0.242 e. The Balaban J connectivity index is 2.03. The summed E-state index contributed by atoms with van der Waals surface area (Å²) < 4.78 is 26.7. The summed E-state index contributed by atoms with van der Waals surface area (Å²) in [6, 6.07) is 10.8. The molecule has 2 aromatic carbocycles. The maximum absolute atomic E-state index is 12.1. The topological polar surface area (TPSA) is 92.4 Å². The lowest BCUT2D eigenvalue weighted by molar-refractivity contribution is 0.475. The van der Waals surface area contributed by atoms with Crippen molar-refractivity contribution in [1.29, 1.82) is 0 Å². The number of nitrogens with one attached hydrogen (secondary N) is 1. The molecular weight excluding hydrogens is 312 g/mol. The number of hydrogen-bond donors (Lipinski definition) is 3. The van der Waals surface area contributed by atoms with E-state index in [1.165, 1.54) is 18.2 Å². The molecule has 2 aromatic rings. The monoisotopic (exact) mass is 326 g/mol. The largest absolute Gasteiger partial charge is 0.508 e. The van der Waals surface area contributed by atoms with Crippen LogP contribution in [0.25, 0.3) is 0 Å². The molecule has 4 N–H and O–H groups in total. The van der Waals surface area contributed by atoms with Gasteiger partial charge in [0.15, 0.2) is 0 Å². The van der Waals surface area contributed by atoms with Gasteiger partial charge in [-0.15, -0.1) is 0 Å². The van der Waals surface area contributed by atoms with Gasteiger partial charge in [0.2, 0.25) is 10.0 Å². The van der Waals surface area contributed by atoms with Crippen LogP contribution in [0.15, 0.2) is 47.4 Å². The van der Waals surface area contributed by atoms with Gasteiger partial charge in [-0.2, -0.15) is 0 Å². The van der Waals surface area contributed by atoms with E-state index in [1.807, 2.05) is 0 Å². The Hall–Kier alpha value is -1.76. The Bertz CT molecular complexity index is 730. The van der Waals surface area contributed by atoms with Crippen LogP contribution in [0.3, 0.4) is 0 Å². The first kappa shape index (κ1) is 15.6. The standard InChI is InChI=1S/C14H15ClN2O3S/c15-13-9-11(16)3-6-14(13)21(19,20)17-8-7-10-1-4-12(18)5-2-10/h1-6,9,17-18H,7-8,16H2. The molecule has 0 aromatic heterocycles. The second kappa shape index (κ2) is 6.34. The normalized spacial score (nSPS) is 11.5. The highest BCUT2D eigenvalue weighted by Gasteiger charge is 2.17. The SMILES string of the molecule is Nc1ccc(S(=O)(=O)NCCc2ccc(O)cc2)c(Cl)c1. The van der Waals surface area contributed by atoms with Crippen LogP contribution in [0.5, 0.6) is 5.75 Å². The van der Waals surface area contributed by atoms with E-state index in [1.54, 1.807) is 24.3 Å². The minimum absolute atomic E-state index is 0.00377. The lowest BCUT2D eigenvalue weighted by Gasteiger charge is -2.09. The van der Waals surface area contributed by atoms with Crippen LogP contribution in [0, 0.1) is 0 Å². The van der Waals surface area contributed by atoms with E-state index >= 15 is 0 Å². The Labute approximate surface area is 128 Å². The minimum atomic E-state index is -3.67. The smallest absolute Gasteiger partial charge is 0.242 e. The zero-order valence-corrected chi connectivity index (χ0v) is 12.7. The van der Waals surface area contributed by atoms with Gasteiger partial charge >= 0.3 is 0 Å². The molecule has 0 aliphatic carbocycles. The van der Waals surface area contributed by atoms with E-state index in [0.29, 0.717) is 12.1 Å². The fraction of sp³-hybridized carbons (Fsp3) is 0.143. The highest BCUT2D eigenvalue weighted by Crippen LogP contribution is 2.23. The second-order valence-corrected chi connectivity index (χ2v) is 6.65. The predicted octanol–water partition coefficient (Wildman–Crippen LogP) is 2.15. The van der Waals surface area contributed by atoms with Crippen LogP contribution in [0.2, 0.25) is 5.02 Å². The number of benzene rings is 2. The Kier molecular flexibility index (Phi) is 4.72. The molecule has 0 atom stereocenters. The molecular formula is C14H15ClN2O3S. The number of nitrogens with two attached hydrogens (primary N) is 1. The third-order valence-corrected chi connectivity index (χ3v) is 4.83. The molecule has 0 saturated heterocycles. The van der Waals surface area contributed by atoms with Crippen LogP contribution in [-0.4, -0.2) is 20.1 Å². The number of aromatic hydroxyl groups is 1. The number of nitrogen functional groups attached to an aromatic ring is 1. The number of phenols is 1. The molecule has 0 saturated carbocycles. The van der Waals surface area contributed by atoms with E-state index in [-0.39, 0.29) is 22.2 Å². The van der Waals surface area contributed by atoms with E-state index in [0.717, 1.165) is 5.56 Å². The molecule has 2 rings (SSSR count). The van der Waals surface area contributed by atoms with E-state index < -0.39 is 10.0 Å². The first-order valence-corrected chi connectivity index (χ1v) is 8.07. The fourth-order valence-corrected chi connectivity index (χ4v) is 3.39. The number of sulfonamides is 1. The highest BCUT2D eigenvalue weighted by molar-refractivity contribution is 7.89. The van der Waals surface area contributed by atoms with Crippen LogP contribution >= 0.6 is 11.6 Å². The van der Waals surface area contributed by atoms with Crippen LogP contribution in [-0.2, 0) is 16.4 Å². The first-order chi connectivity index (χ1) is 9.88. The molecule has 0 aliphatic rings. The van der Waals surface area contributed by atoms with Crippen molar-refractivity contribution in [2.45, 2.75) is 11.3 Å². The lowest BCUT2D eigenvalue weighted by Crippen LogP contribution is -2.26. The molecule has 5 nitrogen and oxygen atoms in total. The summed E-state index contributed by atoms with van der Waals surface area (Å²) in [4.78, 5) is 0.00377. The van der Waals surface area contributed by atoms with Gasteiger partial charge in [-0.1, -0.05) is 23.7 Å². The summed E-state index contributed by atoms with van der Waals surface area (Å²) in [5.74, 6) is 0.174. The molecule has 0 fully saturated rings. The van der Waals surface area contributed by atoms with Gasteiger partial charge in [0, 0.05) is 12.2 Å². The van der Waals surface area contributed by atoms with Gasteiger partial charge in [0.1, 0.15) is 10.6 Å². The maximum atomic E-state index is 12.1. The molecule has 0 spiro atoms. The van der Waals surface area contributed by atoms with Gasteiger partial charge in [-0.3, -0.25) is 0 Å². The van der Waals surface area contributed by atoms with Crippen molar-refractivity contribution < 1.29 is 13.5 Å². The number of phenolic OH excluding ortho intramolecular Hbond substituents is 1. The number of hydrogen-bond acceptors (Lipinski definition) is 4. The molecule has 0 aliphatic heterocycles. The molecule has 112 valence electrons. The molecule has 0 radical (unpaired) electrons. The first-order valence-electron chi connectivity index (χ1n) is 6.21. The molecule has 0 amide bonds. The summed E-state index contributed by atoms with van der Waals surface area (Å²) in [5, 5.41) is 9.27. The zero-order chi connectivity index (χ0) is 15.5. The third-order valence-electron chi connectivity index (χ3n) is 2.89. The van der Waals surface area contributed by atoms with Crippen molar-refractivity contribution in [3.63, 3.8) is 0 Å². The third kappa shape index (κ3) is 4.10. The Morgan fingerprint density at radius 3 is 2.43 bits per heavy atom. The van der Waals surface area contributed by atoms with Crippen molar-refractivity contribution >= 4 is 27.3 Å². The van der Waals surface area contributed by atoms with Crippen LogP contribution in [0.1, 0.15) is 5.56 Å². The highest BCUT2D eigenvalue weighted by atomic mass is 35.5. The van der Waals surface area contributed by atoms with Crippen molar-refractivity contribution in [1.82, 2.24) is 4.72 Å². The average Bonchev–Trinajstić information content (AvgIpc) is 2.40. The van der Waals surface area contributed by atoms with E-state index in [4.69, 9.17) is 17.3 Å². The van der Waals surface area contributed by atoms with E-state index in [9.17, 15) is 13.5 Å². The number of anilines is 1. The van der Waals surface area contributed by atoms with Gasteiger partial charge in [0.05, 0.1) is 5.02 Å². The Morgan fingerprint density at radius 1 is 1.14 bits per heavy atom.